The summed E-state index contributed by atoms with van der Waals surface area (Å²) in [4.78, 5) is 23.8. The number of carboxylic acid groups (broad SMARTS) is 1. The molecule has 0 aromatic heterocycles. The molecule has 0 aliphatic rings. The second-order valence-electron chi connectivity index (χ2n) is 4.64. The van der Waals surface area contributed by atoms with Crippen LogP contribution < -0.4 is 4.74 Å². The van der Waals surface area contributed by atoms with Gasteiger partial charge in [0.05, 0.1) is 13.0 Å². The van der Waals surface area contributed by atoms with Gasteiger partial charge in [-0.15, -0.1) is 0 Å². The fourth-order valence-corrected chi connectivity index (χ4v) is 1.85. The number of hydrogen-bond acceptors (Lipinski definition) is 3. The average molecular weight is 315 g/mol. The van der Waals surface area contributed by atoms with E-state index in [1.54, 1.807) is 6.92 Å². The number of ether oxygens (including phenoxy) is 1. The Morgan fingerprint density at radius 3 is 2.59 bits per heavy atom. The van der Waals surface area contributed by atoms with E-state index in [0.29, 0.717) is 13.0 Å². The third-order valence-electron chi connectivity index (χ3n) is 3.02. The van der Waals surface area contributed by atoms with E-state index in [2.05, 4.69) is 0 Å². The van der Waals surface area contributed by atoms with Crippen LogP contribution in [0.15, 0.2) is 18.2 Å². The second kappa shape index (κ2) is 8.96. The van der Waals surface area contributed by atoms with E-state index in [0.717, 1.165) is 12.1 Å². The van der Waals surface area contributed by atoms with Crippen molar-refractivity contribution < 1.29 is 28.2 Å². The standard InChI is InChI=1S/C15H19F2NO4/c1-2-18(8-7-15(20)21)14(19)4-3-9-22-13-6-5-11(16)10-12(13)17/h5-6,10H,2-4,7-9H2,1H3,(H,20,21). The van der Waals surface area contributed by atoms with Crippen LogP contribution in [0, 0.1) is 11.6 Å². The number of halogens is 2. The van der Waals surface area contributed by atoms with Crippen molar-refractivity contribution in [3.05, 3.63) is 29.8 Å². The predicted molar refractivity (Wildman–Crippen MR) is 75.6 cm³/mol. The lowest BCUT2D eigenvalue weighted by atomic mass is 10.2. The van der Waals surface area contributed by atoms with E-state index in [4.69, 9.17) is 9.84 Å². The molecule has 0 atom stereocenters. The molecular formula is C15H19F2NO4. The van der Waals surface area contributed by atoms with Gasteiger partial charge in [0.25, 0.3) is 0 Å². The summed E-state index contributed by atoms with van der Waals surface area (Å²) < 4.78 is 31.2. The lowest BCUT2D eigenvalue weighted by molar-refractivity contribution is -0.138. The Labute approximate surface area is 127 Å². The van der Waals surface area contributed by atoms with Crippen molar-refractivity contribution in [2.75, 3.05) is 19.7 Å². The van der Waals surface area contributed by atoms with Gasteiger partial charge >= 0.3 is 5.97 Å². The normalized spacial score (nSPS) is 10.3. The van der Waals surface area contributed by atoms with Crippen molar-refractivity contribution in [2.45, 2.75) is 26.2 Å². The lowest BCUT2D eigenvalue weighted by Crippen LogP contribution is -2.32. The first-order valence-corrected chi connectivity index (χ1v) is 7.01. The fourth-order valence-electron chi connectivity index (χ4n) is 1.85. The van der Waals surface area contributed by atoms with Gasteiger partial charge in [0.2, 0.25) is 5.91 Å². The van der Waals surface area contributed by atoms with Crippen LogP contribution in [0.1, 0.15) is 26.2 Å². The molecule has 0 saturated heterocycles. The molecule has 0 unspecified atom stereocenters. The van der Waals surface area contributed by atoms with Crippen LogP contribution in [0.2, 0.25) is 0 Å². The van der Waals surface area contributed by atoms with Gasteiger partial charge in [0, 0.05) is 25.6 Å². The Bertz CT molecular complexity index is 522. The molecule has 5 nitrogen and oxygen atoms in total. The van der Waals surface area contributed by atoms with E-state index in [1.165, 1.54) is 11.0 Å². The molecule has 7 heteroatoms. The topological polar surface area (TPSA) is 66.8 Å². The number of benzene rings is 1. The molecule has 0 radical (unpaired) electrons. The van der Waals surface area contributed by atoms with Gasteiger partial charge in [-0.3, -0.25) is 9.59 Å². The maximum atomic E-state index is 13.3. The summed E-state index contributed by atoms with van der Waals surface area (Å²) in [5.74, 6) is -2.67. The molecule has 1 aromatic carbocycles. The fraction of sp³-hybridized carbons (Fsp3) is 0.467. The molecule has 0 bridgehead atoms. The van der Waals surface area contributed by atoms with Gasteiger partial charge < -0.3 is 14.7 Å². The zero-order valence-electron chi connectivity index (χ0n) is 12.3. The minimum atomic E-state index is -0.957. The number of aliphatic carboxylic acids is 1. The van der Waals surface area contributed by atoms with Crippen LogP contribution in [0.25, 0.3) is 0 Å². The van der Waals surface area contributed by atoms with Crippen molar-refractivity contribution in [1.29, 1.82) is 0 Å². The molecule has 1 amide bonds. The third-order valence-corrected chi connectivity index (χ3v) is 3.02. The van der Waals surface area contributed by atoms with Crippen molar-refractivity contribution >= 4 is 11.9 Å². The van der Waals surface area contributed by atoms with Crippen LogP contribution in [-0.4, -0.2) is 41.6 Å². The van der Waals surface area contributed by atoms with Crippen LogP contribution in [0.3, 0.4) is 0 Å². The van der Waals surface area contributed by atoms with Crippen LogP contribution in [0.4, 0.5) is 8.78 Å². The number of carbonyl (C=O) groups is 2. The molecular weight excluding hydrogens is 296 g/mol. The largest absolute Gasteiger partial charge is 0.491 e. The minimum Gasteiger partial charge on any atom is -0.491 e. The van der Waals surface area contributed by atoms with E-state index < -0.39 is 17.6 Å². The minimum absolute atomic E-state index is 0.0629. The van der Waals surface area contributed by atoms with Crippen LogP contribution in [0.5, 0.6) is 5.75 Å². The van der Waals surface area contributed by atoms with Gasteiger partial charge in [0.1, 0.15) is 5.82 Å². The van der Waals surface area contributed by atoms with Crippen molar-refractivity contribution in [1.82, 2.24) is 4.90 Å². The monoisotopic (exact) mass is 315 g/mol. The predicted octanol–water partition coefficient (Wildman–Crippen LogP) is 2.45. The smallest absolute Gasteiger partial charge is 0.305 e. The highest BCUT2D eigenvalue weighted by Gasteiger charge is 2.13. The maximum absolute atomic E-state index is 13.3. The molecule has 122 valence electrons. The molecule has 1 rings (SSSR count). The molecule has 1 aromatic rings. The summed E-state index contributed by atoms with van der Waals surface area (Å²) in [5, 5.41) is 8.61. The number of nitrogens with zero attached hydrogens (tertiary/aromatic N) is 1. The first-order chi connectivity index (χ1) is 10.4. The number of carbonyl (C=O) groups excluding carboxylic acids is 1. The summed E-state index contributed by atoms with van der Waals surface area (Å²) in [6.07, 6.45) is 0.437. The first-order valence-electron chi connectivity index (χ1n) is 7.01. The number of rotatable bonds is 9. The van der Waals surface area contributed by atoms with Crippen LogP contribution >= 0.6 is 0 Å². The summed E-state index contributed by atoms with van der Waals surface area (Å²) in [6, 6.07) is 3.01. The molecule has 0 aliphatic carbocycles. The molecule has 0 aliphatic heterocycles. The second-order valence-corrected chi connectivity index (χ2v) is 4.64. The molecule has 0 spiro atoms. The summed E-state index contributed by atoms with van der Waals surface area (Å²) in [6.45, 7) is 2.48. The summed E-state index contributed by atoms with van der Waals surface area (Å²) >= 11 is 0. The van der Waals surface area contributed by atoms with Gasteiger partial charge in [-0.05, 0) is 25.5 Å². The lowest BCUT2D eigenvalue weighted by Gasteiger charge is -2.19. The number of carboxylic acids is 1. The van der Waals surface area contributed by atoms with Gasteiger partial charge in [0.15, 0.2) is 11.6 Å². The molecule has 0 saturated carbocycles. The highest BCUT2D eigenvalue weighted by molar-refractivity contribution is 5.77. The van der Waals surface area contributed by atoms with E-state index in [9.17, 15) is 18.4 Å². The Kier molecular flexibility index (Phi) is 7.28. The van der Waals surface area contributed by atoms with Crippen molar-refractivity contribution in [3.63, 3.8) is 0 Å². The molecule has 0 fully saturated rings. The zero-order valence-corrected chi connectivity index (χ0v) is 12.3. The summed E-state index contributed by atoms with van der Waals surface area (Å²) in [5.41, 5.74) is 0. The van der Waals surface area contributed by atoms with E-state index >= 15 is 0 Å². The number of amides is 1. The third kappa shape index (κ3) is 6.07. The highest BCUT2D eigenvalue weighted by atomic mass is 19.1. The Balaban J connectivity index is 2.33. The molecule has 1 N–H and O–H groups in total. The number of hydrogen-bond donors (Lipinski definition) is 1. The Morgan fingerprint density at radius 2 is 2.00 bits per heavy atom. The first kappa shape index (κ1) is 17.9. The summed E-state index contributed by atoms with van der Waals surface area (Å²) in [7, 11) is 0. The van der Waals surface area contributed by atoms with E-state index in [1.807, 2.05) is 0 Å². The zero-order chi connectivity index (χ0) is 16.5. The van der Waals surface area contributed by atoms with Crippen molar-refractivity contribution in [3.8, 4) is 5.75 Å². The quantitative estimate of drug-likeness (QED) is 0.711. The average Bonchev–Trinajstić information content (AvgIpc) is 2.45. The van der Waals surface area contributed by atoms with Crippen molar-refractivity contribution in [2.24, 2.45) is 0 Å². The molecule has 0 heterocycles. The van der Waals surface area contributed by atoms with E-state index in [-0.39, 0.29) is 37.6 Å². The molecule has 22 heavy (non-hydrogen) atoms. The SMILES string of the molecule is CCN(CCC(=O)O)C(=O)CCCOc1ccc(F)cc1F. The van der Waals surface area contributed by atoms with Gasteiger partial charge in [-0.25, -0.2) is 8.78 Å². The maximum Gasteiger partial charge on any atom is 0.305 e. The van der Waals surface area contributed by atoms with Gasteiger partial charge in [-0.1, -0.05) is 0 Å². The van der Waals surface area contributed by atoms with Gasteiger partial charge in [-0.2, -0.15) is 0 Å². The Morgan fingerprint density at radius 1 is 1.27 bits per heavy atom. The highest BCUT2D eigenvalue weighted by Crippen LogP contribution is 2.17. The Hall–Kier alpha value is -2.18. The van der Waals surface area contributed by atoms with Crippen LogP contribution in [-0.2, 0) is 9.59 Å².